The summed E-state index contributed by atoms with van der Waals surface area (Å²) < 4.78 is 1.95. The maximum Gasteiger partial charge on any atom is 0.140 e. The molecule has 1 atom stereocenters. The van der Waals surface area contributed by atoms with E-state index in [1.807, 2.05) is 72.4 Å². The van der Waals surface area contributed by atoms with Crippen LogP contribution >= 0.6 is 0 Å². The van der Waals surface area contributed by atoms with Gasteiger partial charge in [-0.3, -0.25) is 0 Å². The Morgan fingerprint density at radius 3 is 2.40 bits per heavy atom. The first-order chi connectivity index (χ1) is 9.77. The fraction of sp³-hybridized carbons (Fsp3) is 0.118. The van der Waals surface area contributed by atoms with Crippen molar-refractivity contribution in [3.05, 3.63) is 78.1 Å². The molecule has 100 valence electrons. The van der Waals surface area contributed by atoms with Crippen LogP contribution in [0.1, 0.15) is 17.2 Å². The Kier molecular flexibility index (Phi) is 3.35. The predicted molar refractivity (Wildman–Crippen MR) is 79.1 cm³/mol. The highest BCUT2D eigenvalue weighted by atomic mass is 16.3. The molecule has 1 unspecified atom stereocenters. The molecule has 20 heavy (non-hydrogen) atoms. The minimum absolute atomic E-state index is 0.649. The van der Waals surface area contributed by atoms with Gasteiger partial charge < -0.3 is 9.67 Å². The Morgan fingerprint density at radius 2 is 1.70 bits per heavy atom. The molecule has 0 radical (unpaired) electrons. The summed E-state index contributed by atoms with van der Waals surface area (Å²) in [5, 5.41) is 10.6. The zero-order valence-electron chi connectivity index (χ0n) is 11.3. The van der Waals surface area contributed by atoms with Crippen LogP contribution in [-0.2, 0) is 7.05 Å². The van der Waals surface area contributed by atoms with Crippen molar-refractivity contribution in [2.24, 2.45) is 7.05 Å². The lowest BCUT2D eigenvalue weighted by atomic mass is 9.96. The highest BCUT2D eigenvalue weighted by Crippen LogP contribution is 2.30. The van der Waals surface area contributed by atoms with Gasteiger partial charge in [-0.25, -0.2) is 4.98 Å². The summed E-state index contributed by atoms with van der Waals surface area (Å²) in [7, 11) is 1.95. The summed E-state index contributed by atoms with van der Waals surface area (Å²) in [5.74, 6) is 0.857. The van der Waals surface area contributed by atoms with Gasteiger partial charge in [0.15, 0.2) is 0 Å². The molecule has 3 heteroatoms. The van der Waals surface area contributed by atoms with Crippen LogP contribution in [-0.4, -0.2) is 14.7 Å². The van der Waals surface area contributed by atoms with Crippen molar-refractivity contribution in [3.8, 4) is 11.4 Å². The van der Waals surface area contributed by atoms with Crippen LogP contribution in [0.5, 0.6) is 0 Å². The third-order valence-electron chi connectivity index (χ3n) is 3.43. The van der Waals surface area contributed by atoms with Crippen LogP contribution in [0.25, 0.3) is 11.4 Å². The van der Waals surface area contributed by atoms with E-state index < -0.39 is 6.10 Å². The van der Waals surface area contributed by atoms with Crippen LogP contribution in [0.2, 0.25) is 0 Å². The van der Waals surface area contributed by atoms with Crippen molar-refractivity contribution in [2.75, 3.05) is 0 Å². The van der Waals surface area contributed by atoms with Gasteiger partial charge >= 0.3 is 0 Å². The van der Waals surface area contributed by atoms with Gasteiger partial charge in [0.05, 0.1) is 0 Å². The standard InChI is InChI=1S/C17H16N2O/c1-19-12-11-18-17(19)15-10-6-5-9-14(15)16(20)13-7-3-2-4-8-13/h2-12,16,20H,1H3. The lowest BCUT2D eigenvalue weighted by molar-refractivity contribution is 0.221. The molecule has 0 fully saturated rings. The highest BCUT2D eigenvalue weighted by Gasteiger charge is 2.16. The number of aromatic nitrogens is 2. The molecule has 1 N–H and O–H groups in total. The van der Waals surface area contributed by atoms with Gasteiger partial charge in [0.2, 0.25) is 0 Å². The summed E-state index contributed by atoms with van der Waals surface area (Å²) >= 11 is 0. The average Bonchev–Trinajstić information content (AvgIpc) is 2.93. The molecule has 2 aromatic carbocycles. The Labute approximate surface area is 118 Å². The van der Waals surface area contributed by atoms with Gasteiger partial charge in [-0.2, -0.15) is 0 Å². The summed E-state index contributed by atoms with van der Waals surface area (Å²) in [4.78, 5) is 4.37. The summed E-state index contributed by atoms with van der Waals surface area (Å²) in [6, 6.07) is 17.5. The van der Waals surface area contributed by atoms with Crippen LogP contribution in [0.15, 0.2) is 67.0 Å². The van der Waals surface area contributed by atoms with Gasteiger partial charge in [-0.05, 0) is 11.1 Å². The molecule has 0 spiro atoms. The number of nitrogens with zero attached hydrogens (tertiary/aromatic N) is 2. The largest absolute Gasteiger partial charge is 0.384 e. The SMILES string of the molecule is Cn1ccnc1-c1ccccc1C(O)c1ccccc1. The highest BCUT2D eigenvalue weighted by molar-refractivity contribution is 5.62. The van der Waals surface area contributed by atoms with E-state index in [4.69, 9.17) is 0 Å². The van der Waals surface area contributed by atoms with Gasteiger partial charge in [0, 0.05) is 25.0 Å². The Hall–Kier alpha value is -2.39. The zero-order chi connectivity index (χ0) is 13.9. The van der Waals surface area contributed by atoms with E-state index in [9.17, 15) is 5.11 Å². The predicted octanol–water partition coefficient (Wildman–Crippen LogP) is 3.17. The summed E-state index contributed by atoms with van der Waals surface area (Å²) in [5.41, 5.74) is 2.71. The molecular weight excluding hydrogens is 248 g/mol. The third kappa shape index (κ3) is 2.24. The van der Waals surface area contributed by atoms with Crippen molar-refractivity contribution >= 4 is 0 Å². The quantitative estimate of drug-likeness (QED) is 0.789. The number of hydrogen-bond donors (Lipinski definition) is 1. The second-order valence-electron chi connectivity index (χ2n) is 4.76. The Bertz CT molecular complexity index is 704. The molecular formula is C17H16N2O. The van der Waals surface area contributed by atoms with Gasteiger partial charge in [-0.15, -0.1) is 0 Å². The Morgan fingerprint density at radius 1 is 1.00 bits per heavy atom. The first kappa shape index (κ1) is 12.6. The molecule has 0 bridgehead atoms. The molecule has 0 aliphatic heterocycles. The molecule has 0 aliphatic carbocycles. The number of aliphatic hydroxyl groups is 1. The molecule has 3 aromatic rings. The van der Waals surface area contributed by atoms with Gasteiger partial charge in [0.25, 0.3) is 0 Å². The van der Waals surface area contributed by atoms with Crippen molar-refractivity contribution in [1.82, 2.24) is 9.55 Å². The number of imidazole rings is 1. The second kappa shape index (κ2) is 5.31. The van der Waals surface area contributed by atoms with Crippen LogP contribution < -0.4 is 0 Å². The zero-order valence-corrected chi connectivity index (χ0v) is 11.3. The van der Waals surface area contributed by atoms with Crippen molar-refractivity contribution in [1.29, 1.82) is 0 Å². The lowest BCUT2D eigenvalue weighted by Gasteiger charge is -2.15. The van der Waals surface area contributed by atoms with Gasteiger partial charge in [0.1, 0.15) is 11.9 Å². The normalized spacial score (nSPS) is 12.3. The molecule has 1 heterocycles. The molecule has 3 rings (SSSR count). The maximum atomic E-state index is 10.6. The molecule has 1 aromatic heterocycles. The van der Waals surface area contributed by atoms with E-state index >= 15 is 0 Å². The summed E-state index contributed by atoms with van der Waals surface area (Å²) in [6.07, 6.45) is 3.02. The Balaban J connectivity index is 2.09. The average molecular weight is 264 g/mol. The minimum Gasteiger partial charge on any atom is -0.384 e. The van der Waals surface area contributed by atoms with E-state index in [2.05, 4.69) is 4.98 Å². The number of aryl methyl sites for hydroxylation is 1. The fourth-order valence-corrected chi connectivity index (χ4v) is 2.38. The molecule has 0 aliphatic rings. The van der Waals surface area contributed by atoms with E-state index in [1.165, 1.54) is 0 Å². The van der Waals surface area contributed by atoms with E-state index in [0.717, 1.165) is 22.5 Å². The molecule has 3 nitrogen and oxygen atoms in total. The molecule has 0 amide bonds. The monoisotopic (exact) mass is 264 g/mol. The van der Waals surface area contributed by atoms with Crippen LogP contribution in [0.4, 0.5) is 0 Å². The number of benzene rings is 2. The van der Waals surface area contributed by atoms with Crippen molar-refractivity contribution in [2.45, 2.75) is 6.10 Å². The fourth-order valence-electron chi connectivity index (χ4n) is 2.38. The third-order valence-corrected chi connectivity index (χ3v) is 3.43. The number of rotatable bonds is 3. The summed E-state index contributed by atoms with van der Waals surface area (Å²) in [6.45, 7) is 0. The molecule has 0 saturated carbocycles. The molecule has 0 saturated heterocycles. The van der Waals surface area contributed by atoms with Crippen molar-refractivity contribution in [3.63, 3.8) is 0 Å². The minimum atomic E-state index is -0.649. The first-order valence-corrected chi connectivity index (χ1v) is 6.57. The smallest absolute Gasteiger partial charge is 0.140 e. The topological polar surface area (TPSA) is 38.0 Å². The van der Waals surface area contributed by atoms with E-state index in [-0.39, 0.29) is 0 Å². The van der Waals surface area contributed by atoms with E-state index in [1.54, 1.807) is 6.20 Å². The lowest BCUT2D eigenvalue weighted by Crippen LogP contribution is -2.03. The first-order valence-electron chi connectivity index (χ1n) is 6.57. The van der Waals surface area contributed by atoms with Gasteiger partial charge in [-0.1, -0.05) is 54.6 Å². The van der Waals surface area contributed by atoms with Crippen LogP contribution in [0, 0.1) is 0 Å². The van der Waals surface area contributed by atoms with Crippen molar-refractivity contribution < 1.29 is 5.11 Å². The second-order valence-corrected chi connectivity index (χ2v) is 4.76. The maximum absolute atomic E-state index is 10.6. The number of aliphatic hydroxyl groups excluding tert-OH is 1. The number of hydrogen-bond acceptors (Lipinski definition) is 2. The van der Waals surface area contributed by atoms with Crippen LogP contribution in [0.3, 0.4) is 0 Å². The van der Waals surface area contributed by atoms with E-state index in [0.29, 0.717) is 0 Å².